The fraction of sp³-hybridized carbons (Fsp3) is 0.188. The molecule has 0 spiro atoms. The Balaban J connectivity index is 1.91. The van der Waals surface area contributed by atoms with Gasteiger partial charge in [-0.05, 0) is 30.7 Å². The Labute approximate surface area is 125 Å². The molecule has 0 N–H and O–H groups in total. The SMILES string of the molecule is COc1ccccc1[S@](=O)Cc1cn2cccc(C)c2n1. The number of rotatable bonds is 4. The second-order valence-corrected chi connectivity index (χ2v) is 6.21. The summed E-state index contributed by atoms with van der Waals surface area (Å²) in [4.78, 5) is 5.26. The van der Waals surface area contributed by atoms with Crippen molar-refractivity contribution in [2.45, 2.75) is 17.6 Å². The molecular formula is C16H16N2O2S. The monoisotopic (exact) mass is 300 g/mol. The molecule has 3 rings (SSSR count). The van der Waals surface area contributed by atoms with Crippen LogP contribution in [0.2, 0.25) is 0 Å². The molecular weight excluding hydrogens is 284 g/mol. The third kappa shape index (κ3) is 2.69. The van der Waals surface area contributed by atoms with Crippen molar-refractivity contribution >= 4 is 16.4 Å². The van der Waals surface area contributed by atoms with E-state index in [1.807, 2.05) is 60.1 Å². The van der Waals surface area contributed by atoms with Crippen LogP contribution in [0.5, 0.6) is 5.75 Å². The zero-order chi connectivity index (χ0) is 14.8. The van der Waals surface area contributed by atoms with E-state index in [0.717, 1.165) is 16.9 Å². The lowest BCUT2D eigenvalue weighted by Crippen LogP contribution is -1.99. The number of hydrogen-bond donors (Lipinski definition) is 0. The van der Waals surface area contributed by atoms with Crippen LogP contribution in [-0.2, 0) is 16.6 Å². The van der Waals surface area contributed by atoms with Crippen LogP contribution in [0.3, 0.4) is 0 Å². The van der Waals surface area contributed by atoms with Gasteiger partial charge in [0.2, 0.25) is 0 Å². The summed E-state index contributed by atoms with van der Waals surface area (Å²) in [6, 6.07) is 11.4. The van der Waals surface area contributed by atoms with E-state index >= 15 is 0 Å². The quantitative estimate of drug-likeness (QED) is 0.744. The summed E-state index contributed by atoms with van der Waals surface area (Å²) in [5.74, 6) is 1.03. The summed E-state index contributed by atoms with van der Waals surface area (Å²) >= 11 is 0. The third-order valence-corrected chi connectivity index (χ3v) is 4.71. The second kappa shape index (κ2) is 5.69. The average Bonchev–Trinajstić information content (AvgIpc) is 2.91. The molecule has 0 unspecified atom stereocenters. The number of ether oxygens (including phenoxy) is 1. The van der Waals surface area contributed by atoms with Gasteiger partial charge in [0.05, 0.1) is 34.3 Å². The molecule has 5 heteroatoms. The van der Waals surface area contributed by atoms with Crippen LogP contribution in [0.15, 0.2) is 53.7 Å². The van der Waals surface area contributed by atoms with Crippen molar-refractivity contribution in [3.05, 3.63) is 60.0 Å². The molecule has 1 aromatic carbocycles. The minimum atomic E-state index is -1.18. The molecule has 1 atom stereocenters. The summed E-state index contributed by atoms with van der Waals surface area (Å²) in [5.41, 5.74) is 2.82. The molecule has 0 aliphatic heterocycles. The Morgan fingerprint density at radius 3 is 2.81 bits per heavy atom. The number of aryl methyl sites for hydroxylation is 1. The third-order valence-electron chi connectivity index (χ3n) is 3.32. The van der Waals surface area contributed by atoms with Crippen LogP contribution >= 0.6 is 0 Å². The van der Waals surface area contributed by atoms with Crippen molar-refractivity contribution < 1.29 is 8.95 Å². The van der Waals surface area contributed by atoms with E-state index in [0.29, 0.717) is 16.4 Å². The fourth-order valence-electron chi connectivity index (χ4n) is 2.29. The van der Waals surface area contributed by atoms with Gasteiger partial charge in [-0.2, -0.15) is 0 Å². The highest BCUT2D eigenvalue weighted by Gasteiger charge is 2.13. The number of nitrogens with zero attached hydrogens (tertiary/aromatic N) is 2. The maximum absolute atomic E-state index is 12.5. The van der Waals surface area contributed by atoms with Crippen LogP contribution in [0.4, 0.5) is 0 Å². The van der Waals surface area contributed by atoms with Crippen molar-refractivity contribution in [3.63, 3.8) is 0 Å². The van der Waals surface area contributed by atoms with Gasteiger partial charge in [0.15, 0.2) is 0 Å². The molecule has 0 saturated heterocycles. The smallest absolute Gasteiger partial charge is 0.139 e. The molecule has 0 fully saturated rings. The van der Waals surface area contributed by atoms with Gasteiger partial charge >= 0.3 is 0 Å². The highest BCUT2D eigenvalue weighted by molar-refractivity contribution is 7.84. The van der Waals surface area contributed by atoms with Crippen LogP contribution < -0.4 is 4.74 Å². The summed E-state index contributed by atoms with van der Waals surface area (Å²) in [6.45, 7) is 2.02. The van der Waals surface area contributed by atoms with Gasteiger partial charge in [-0.15, -0.1) is 0 Å². The lowest BCUT2D eigenvalue weighted by Gasteiger charge is -2.06. The summed E-state index contributed by atoms with van der Waals surface area (Å²) in [6.07, 6.45) is 3.88. The first-order valence-electron chi connectivity index (χ1n) is 6.63. The Morgan fingerprint density at radius 1 is 1.24 bits per heavy atom. The van der Waals surface area contributed by atoms with E-state index < -0.39 is 10.8 Å². The normalized spacial score (nSPS) is 12.5. The van der Waals surface area contributed by atoms with Gasteiger partial charge in [0, 0.05) is 12.4 Å². The van der Waals surface area contributed by atoms with E-state index in [2.05, 4.69) is 4.98 Å². The zero-order valence-electron chi connectivity index (χ0n) is 11.9. The molecule has 108 valence electrons. The molecule has 0 saturated carbocycles. The maximum Gasteiger partial charge on any atom is 0.139 e. The number of pyridine rings is 1. The average molecular weight is 300 g/mol. The molecule has 0 radical (unpaired) electrons. The van der Waals surface area contributed by atoms with Gasteiger partial charge in [-0.1, -0.05) is 18.2 Å². The number of para-hydroxylation sites is 1. The van der Waals surface area contributed by atoms with Crippen LogP contribution in [0.1, 0.15) is 11.3 Å². The Bertz CT molecular complexity index is 811. The highest BCUT2D eigenvalue weighted by atomic mass is 32.2. The lowest BCUT2D eigenvalue weighted by molar-refractivity contribution is 0.404. The molecule has 21 heavy (non-hydrogen) atoms. The molecule has 2 heterocycles. The van der Waals surface area contributed by atoms with Crippen molar-refractivity contribution in [2.24, 2.45) is 0 Å². The fourth-order valence-corrected chi connectivity index (χ4v) is 3.46. The maximum atomic E-state index is 12.5. The highest BCUT2D eigenvalue weighted by Crippen LogP contribution is 2.23. The van der Waals surface area contributed by atoms with Gasteiger partial charge < -0.3 is 9.14 Å². The Hall–Kier alpha value is -2.14. The van der Waals surface area contributed by atoms with E-state index in [9.17, 15) is 4.21 Å². The predicted molar refractivity (Wildman–Crippen MR) is 83.0 cm³/mol. The minimum absolute atomic E-state index is 0.376. The molecule has 0 aliphatic carbocycles. The van der Waals surface area contributed by atoms with Crippen LogP contribution in [0.25, 0.3) is 5.65 Å². The van der Waals surface area contributed by atoms with Gasteiger partial charge in [0.1, 0.15) is 11.4 Å². The molecule has 2 aromatic heterocycles. The van der Waals surface area contributed by atoms with E-state index in [1.54, 1.807) is 7.11 Å². The molecule has 4 nitrogen and oxygen atoms in total. The largest absolute Gasteiger partial charge is 0.495 e. The number of methoxy groups -OCH3 is 1. The molecule has 0 bridgehead atoms. The number of fused-ring (bicyclic) bond motifs is 1. The number of hydrogen-bond acceptors (Lipinski definition) is 3. The minimum Gasteiger partial charge on any atom is -0.495 e. The lowest BCUT2D eigenvalue weighted by atomic mass is 10.3. The van der Waals surface area contributed by atoms with Crippen LogP contribution in [0, 0.1) is 6.92 Å². The number of imidazole rings is 1. The molecule has 0 amide bonds. The summed E-state index contributed by atoms with van der Waals surface area (Å²) in [5, 5.41) is 0. The van der Waals surface area contributed by atoms with E-state index in [-0.39, 0.29) is 0 Å². The summed E-state index contributed by atoms with van der Waals surface area (Å²) < 4.78 is 19.8. The first-order chi connectivity index (χ1) is 10.2. The standard InChI is InChI=1S/C16H16N2O2S/c1-12-6-5-9-18-10-13(17-16(12)18)11-21(19)15-8-4-3-7-14(15)20-2/h3-10H,11H2,1-2H3/t21-/m1/s1. The van der Waals surface area contributed by atoms with E-state index in [1.165, 1.54) is 0 Å². The van der Waals surface area contributed by atoms with Crippen molar-refractivity contribution in [1.82, 2.24) is 9.38 Å². The Morgan fingerprint density at radius 2 is 2.05 bits per heavy atom. The van der Waals surface area contributed by atoms with Crippen LogP contribution in [-0.4, -0.2) is 20.7 Å². The number of benzene rings is 1. The van der Waals surface area contributed by atoms with Crippen molar-refractivity contribution in [2.75, 3.05) is 7.11 Å². The van der Waals surface area contributed by atoms with Gasteiger partial charge in [0.25, 0.3) is 0 Å². The zero-order valence-corrected chi connectivity index (χ0v) is 12.8. The summed E-state index contributed by atoms with van der Waals surface area (Å²) in [7, 11) is 0.408. The van der Waals surface area contributed by atoms with Crippen molar-refractivity contribution in [1.29, 1.82) is 0 Å². The first-order valence-corrected chi connectivity index (χ1v) is 7.95. The predicted octanol–water partition coefficient (Wildman–Crippen LogP) is 2.96. The Kier molecular flexibility index (Phi) is 3.75. The topological polar surface area (TPSA) is 43.6 Å². The number of aromatic nitrogens is 2. The van der Waals surface area contributed by atoms with Crippen molar-refractivity contribution in [3.8, 4) is 5.75 Å². The van der Waals surface area contributed by atoms with Gasteiger partial charge in [-0.3, -0.25) is 4.21 Å². The molecule has 0 aliphatic rings. The second-order valence-electron chi connectivity index (χ2n) is 4.80. The van der Waals surface area contributed by atoms with Gasteiger partial charge in [-0.25, -0.2) is 4.98 Å². The molecule has 3 aromatic rings. The first kappa shape index (κ1) is 13.8. The van der Waals surface area contributed by atoms with E-state index in [4.69, 9.17) is 4.74 Å².